The first-order chi connectivity index (χ1) is 13.7. The van der Waals surface area contributed by atoms with E-state index in [9.17, 15) is 0 Å². The Morgan fingerprint density at radius 1 is 1.04 bits per heavy atom. The van der Waals surface area contributed by atoms with Crippen LogP contribution >= 0.6 is 23.5 Å². The first kappa shape index (κ1) is 17.7. The van der Waals surface area contributed by atoms with Crippen LogP contribution in [0.2, 0.25) is 0 Å². The molecular formula is C21H20N4OS2. The largest absolute Gasteiger partial charge is 0.489 e. The van der Waals surface area contributed by atoms with Crippen LogP contribution in [0, 0.1) is 0 Å². The fourth-order valence-corrected chi connectivity index (χ4v) is 5.54. The molecule has 142 valence electrons. The minimum absolute atomic E-state index is 0.181. The van der Waals surface area contributed by atoms with Gasteiger partial charge < -0.3 is 4.74 Å². The maximum Gasteiger partial charge on any atom is 0.216 e. The summed E-state index contributed by atoms with van der Waals surface area (Å²) in [5.74, 6) is 2.20. The van der Waals surface area contributed by atoms with Crippen molar-refractivity contribution < 1.29 is 4.74 Å². The van der Waals surface area contributed by atoms with Gasteiger partial charge >= 0.3 is 0 Å². The zero-order valence-corrected chi connectivity index (χ0v) is 17.3. The van der Waals surface area contributed by atoms with E-state index in [-0.39, 0.29) is 5.37 Å². The third-order valence-corrected chi connectivity index (χ3v) is 6.91. The van der Waals surface area contributed by atoms with Gasteiger partial charge in [0.05, 0.1) is 0 Å². The van der Waals surface area contributed by atoms with Crippen molar-refractivity contribution in [2.75, 3.05) is 5.01 Å². The molecule has 0 N–H and O–H groups in total. The van der Waals surface area contributed by atoms with Crippen molar-refractivity contribution in [2.45, 2.75) is 36.9 Å². The molecular weight excluding hydrogens is 388 g/mol. The first-order valence-corrected chi connectivity index (χ1v) is 11.0. The van der Waals surface area contributed by atoms with Crippen LogP contribution in [0.25, 0.3) is 0 Å². The summed E-state index contributed by atoms with van der Waals surface area (Å²) in [5.41, 5.74) is 2.40. The van der Waals surface area contributed by atoms with Gasteiger partial charge in [-0.3, -0.25) is 5.01 Å². The highest BCUT2D eigenvalue weighted by molar-refractivity contribution is 8.07. The predicted molar refractivity (Wildman–Crippen MR) is 114 cm³/mol. The van der Waals surface area contributed by atoms with Crippen molar-refractivity contribution in [2.24, 2.45) is 0 Å². The Bertz CT molecular complexity index is 1010. The van der Waals surface area contributed by atoms with Crippen molar-refractivity contribution in [3.05, 3.63) is 82.0 Å². The molecule has 0 radical (unpaired) electrons. The van der Waals surface area contributed by atoms with Gasteiger partial charge in [-0.25, -0.2) is 4.68 Å². The minimum Gasteiger partial charge on any atom is -0.489 e. The quantitative estimate of drug-likeness (QED) is 0.573. The summed E-state index contributed by atoms with van der Waals surface area (Å²) in [5, 5.41) is 15.6. The molecule has 2 aromatic carbocycles. The van der Waals surface area contributed by atoms with Gasteiger partial charge in [0, 0.05) is 11.3 Å². The molecule has 5 nitrogen and oxygen atoms in total. The monoisotopic (exact) mass is 408 g/mol. The maximum atomic E-state index is 5.93. The number of nitrogens with zero attached hydrogens (tertiary/aromatic N) is 4. The van der Waals surface area contributed by atoms with Gasteiger partial charge in [0.1, 0.15) is 22.8 Å². The highest BCUT2D eigenvalue weighted by Crippen LogP contribution is 2.51. The summed E-state index contributed by atoms with van der Waals surface area (Å²) >= 11 is 3.50. The van der Waals surface area contributed by atoms with E-state index in [1.54, 1.807) is 11.8 Å². The summed E-state index contributed by atoms with van der Waals surface area (Å²) in [6, 6.07) is 18.6. The van der Waals surface area contributed by atoms with Gasteiger partial charge in [-0.15, -0.1) is 10.2 Å². The van der Waals surface area contributed by atoms with Gasteiger partial charge in [0.2, 0.25) is 5.16 Å². The number of benzene rings is 2. The molecule has 0 fully saturated rings. The lowest BCUT2D eigenvalue weighted by Crippen LogP contribution is -2.31. The van der Waals surface area contributed by atoms with Gasteiger partial charge in [-0.05, 0) is 35.0 Å². The third-order valence-electron chi connectivity index (χ3n) is 4.72. The van der Waals surface area contributed by atoms with E-state index >= 15 is 0 Å². The molecule has 2 aliphatic rings. The number of fused-ring (bicyclic) bond motifs is 3. The number of hydrogen-bond donors (Lipinski definition) is 0. The van der Waals surface area contributed by atoms with Crippen LogP contribution in [-0.2, 0) is 6.61 Å². The van der Waals surface area contributed by atoms with Crippen LogP contribution in [0.3, 0.4) is 0 Å². The normalized spacial score (nSPS) is 17.6. The molecule has 5 rings (SSSR count). The Hall–Kier alpha value is -2.38. The lowest BCUT2D eigenvalue weighted by atomic mass is 10.2. The fraction of sp³-hybridized carbons (Fsp3) is 0.238. The van der Waals surface area contributed by atoms with E-state index in [0.29, 0.717) is 12.5 Å². The highest BCUT2D eigenvalue weighted by atomic mass is 32.2. The SMILES string of the molecule is CC(C)c1nnc2n1N1C(=CSC1c1ccc(OCc3ccccc3)cc1)S2. The maximum absolute atomic E-state index is 5.93. The number of rotatable bonds is 5. The summed E-state index contributed by atoms with van der Waals surface area (Å²) < 4.78 is 8.10. The first-order valence-electron chi connectivity index (χ1n) is 9.26. The Labute approximate surface area is 172 Å². The van der Waals surface area contributed by atoms with Crippen molar-refractivity contribution in [1.29, 1.82) is 0 Å². The van der Waals surface area contributed by atoms with Gasteiger partial charge in [-0.2, -0.15) is 0 Å². The van der Waals surface area contributed by atoms with Crippen molar-refractivity contribution in [3.63, 3.8) is 0 Å². The van der Waals surface area contributed by atoms with E-state index < -0.39 is 0 Å². The molecule has 1 unspecified atom stereocenters. The lowest BCUT2D eigenvalue weighted by molar-refractivity contribution is 0.306. The second-order valence-corrected chi connectivity index (χ2v) is 8.98. The molecule has 28 heavy (non-hydrogen) atoms. The Morgan fingerprint density at radius 3 is 2.57 bits per heavy atom. The molecule has 0 amide bonds. The second kappa shape index (κ2) is 7.22. The summed E-state index contributed by atoms with van der Waals surface area (Å²) in [4.78, 5) is 0. The van der Waals surface area contributed by atoms with E-state index in [4.69, 9.17) is 4.74 Å². The third kappa shape index (κ3) is 3.08. The molecule has 2 aliphatic heterocycles. The van der Waals surface area contributed by atoms with Crippen LogP contribution in [0.4, 0.5) is 0 Å². The van der Waals surface area contributed by atoms with Crippen molar-refractivity contribution >= 4 is 23.5 Å². The lowest BCUT2D eigenvalue weighted by Gasteiger charge is -2.26. The number of hydrogen-bond acceptors (Lipinski definition) is 6. The zero-order valence-electron chi connectivity index (χ0n) is 15.6. The van der Waals surface area contributed by atoms with Crippen LogP contribution in [0.5, 0.6) is 5.75 Å². The minimum atomic E-state index is 0.181. The summed E-state index contributed by atoms with van der Waals surface area (Å²) in [6.45, 7) is 4.89. The number of ether oxygens (including phenoxy) is 1. The molecule has 0 spiro atoms. The molecule has 0 saturated heterocycles. The van der Waals surface area contributed by atoms with Crippen LogP contribution in [0.15, 0.2) is 70.2 Å². The molecule has 1 atom stereocenters. The predicted octanol–water partition coefficient (Wildman–Crippen LogP) is 5.27. The molecule has 0 bridgehead atoms. The molecule has 3 aromatic rings. The van der Waals surface area contributed by atoms with Gasteiger partial charge in [0.25, 0.3) is 0 Å². The molecule has 7 heteroatoms. The van der Waals surface area contributed by atoms with Crippen LogP contribution in [0.1, 0.15) is 42.1 Å². The summed E-state index contributed by atoms with van der Waals surface area (Å²) in [6.07, 6.45) is 0. The van der Waals surface area contributed by atoms with E-state index in [2.05, 4.69) is 75.5 Å². The van der Waals surface area contributed by atoms with E-state index in [1.165, 1.54) is 16.2 Å². The average Bonchev–Trinajstić information content (AvgIpc) is 3.39. The van der Waals surface area contributed by atoms with E-state index in [0.717, 1.165) is 16.7 Å². The number of thioether (sulfide) groups is 2. The van der Waals surface area contributed by atoms with Crippen LogP contribution < -0.4 is 9.75 Å². The zero-order chi connectivity index (χ0) is 19.1. The van der Waals surface area contributed by atoms with Crippen LogP contribution in [-0.4, -0.2) is 14.9 Å². The number of aromatic nitrogens is 3. The fourth-order valence-electron chi connectivity index (χ4n) is 3.31. The molecule has 3 heterocycles. The average molecular weight is 409 g/mol. The molecule has 1 aromatic heterocycles. The topological polar surface area (TPSA) is 43.2 Å². The van der Waals surface area contributed by atoms with Crippen molar-refractivity contribution in [1.82, 2.24) is 14.9 Å². The molecule has 0 saturated carbocycles. The second-order valence-electron chi connectivity index (χ2n) is 7.04. The Morgan fingerprint density at radius 2 is 1.82 bits per heavy atom. The smallest absolute Gasteiger partial charge is 0.216 e. The molecule has 0 aliphatic carbocycles. The highest BCUT2D eigenvalue weighted by Gasteiger charge is 2.39. The Kier molecular flexibility index (Phi) is 4.56. The van der Waals surface area contributed by atoms with Gasteiger partial charge in [0.15, 0.2) is 5.82 Å². The van der Waals surface area contributed by atoms with Crippen molar-refractivity contribution in [3.8, 4) is 5.75 Å². The summed E-state index contributed by atoms with van der Waals surface area (Å²) in [7, 11) is 0. The standard InChI is InChI=1S/C21H20N4OS2/c1-14(2)19-22-23-21-25(19)24-18(28-21)13-27-20(24)16-8-10-17(11-9-16)26-12-15-6-4-3-5-7-15/h3-11,13-14,20H,12H2,1-2H3. The van der Waals surface area contributed by atoms with Gasteiger partial charge in [-0.1, -0.05) is 68.1 Å². The van der Waals surface area contributed by atoms with E-state index in [1.807, 2.05) is 30.0 Å². The Balaban J connectivity index is 1.35.